The van der Waals surface area contributed by atoms with Gasteiger partial charge in [0.1, 0.15) is 11.4 Å². The van der Waals surface area contributed by atoms with E-state index in [0.29, 0.717) is 23.2 Å². The predicted octanol–water partition coefficient (Wildman–Crippen LogP) is 5.85. The van der Waals surface area contributed by atoms with Crippen LogP contribution in [0.3, 0.4) is 0 Å². The zero-order chi connectivity index (χ0) is 29.1. The lowest BCUT2D eigenvalue weighted by molar-refractivity contribution is -0.138. The van der Waals surface area contributed by atoms with Crippen molar-refractivity contribution in [3.63, 3.8) is 0 Å². The number of carboxylic acids is 1. The first kappa shape index (κ1) is 29.7. The fourth-order valence-corrected chi connectivity index (χ4v) is 4.57. The van der Waals surface area contributed by atoms with Crippen LogP contribution in [0.2, 0.25) is 0 Å². The van der Waals surface area contributed by atoms with Gasteiger partial charge in [0.05, 0.1) is 5.92 Å². The number of benzene rings is 1. The highest BCUT2D eigenvalue weighted by Crippen LogP contribution is 2.38. The van der Waals surface area contributed by atoms with Gasteiger partial charge >= 0.3 is 17.9 Å². The molecule has 0 bridgehead atoms. The molecule has 210 valence electrons. The second-order valence-corrected chi connectivity index (χ2v) is 11.3. The number of carboxylic acid groups (broad SMARTS) is 1. The van der Waals surface area contributed by atoms with Crippen LogP contribution in [0.1, 0.15) is 80.1 Å². The van der Waals surface area contributed by atoms with E-state index in [2.05, 4.69) is 19.2 Å². The van der Waals surface area contributed by atoms with Crippen molar-refractivity contribution in [2.24, 2.45) is 5.92 Å². The molecule has 0 spiro atoms. The summed E-state index contributed by atoms with van der Waals surface area (Å²) in [5.74, 6) is -2.42. The number of carbonyl (C=O) groups is 2. The highest BCUT2D eigenvalue weighted by molar-refractivity contribution is 5.84. The summed E-state index contributed by atoms with van der Waals surface area (Å²) in [5, 5.41) is 13.3. The second kappa shape index (κ2) is 11.9. The summed E-state index contributed by atoms with van der Waals surface area (Å²) < 4.78 is 15.6. The van der Waals surface area contributed by atoms with Gasteiger partial charge in [0.25, 0.3) is 0 Å². The third kappa shape index (κ3) is 7.59. The van der Waals surface area contributed by atoms with Gasteiger partial charge in [0.2, 0.25) is 0 Å². The standard InChI is InChI=1S/C30H38N2O7/c1-16(2)13-23-22(15-31-28(35)39-30(6,7)8)26(20-11-9-17(3)10-12-20)25(18(4)32-23)21(27(33)34)14-24-19(5)37-29(36)38-24/h9-12,16,21H,13-15H2,1-8H3,(H,31,35)(H,33,34). The molecule has 0 aliphatic heterocycles. The van der Waals surface area contributed by atoms with Crippen LogP contribution in [0.4, 0.5) is 4.79 Å². The van der Waals surface area contributed by atoms with Gasteiger partial charge in [-0.15, -0.1) is 0 Å². The number of hydrogen-bond acceptors (Lipinski definition) is 7. The van der Waals surface area contributed by atoms with Gasteiger partial charge < -0.3 is 24.0 Å². The molecular formula is C30H38N2O7. The van der Waals surface area contributed by atoms with Crippen LogP contribution in [-0.4, -0.2) is 27.8 Å². The number of aromatic nitrogens is 1. The Morgan fingerprint density at radius 1 is 1.05 bits per heavy atom. The molecule has 0 saturated heterocycles. The van der Waals surface area contributed by atoms with Gasteiger partial charge in [-0.05, 0) is 70.6 Å². The van der Waals surface area contributed by atoms with Gasteiger partial charge in [-0.1, -0.05) is 43.7 Å². The maximum atomic E-state index is 12.7. The van der Waals surface area contributed by atoms with Crippen molar-refractivity contribution < 1.29 is 28.3 Å². The monoisotopic (exact) mass is 538 g/mol. The summed E-state index contributed by atoms with van der Waals surface area (Å²) in [6, 6.07) is 7.78. The Bertz CT molecular complexity index is 1390. The number of alkyl carbamates (subject to hydrolysis) is 1. The molecule has 3 rings (SSSR count). The van der Waals surface area contributed by atoms with Crippen LogP contribution < -0.4 is 11.1 Å². The molecule has 39 heavy (non-hydrogen) atoms. The molecule has 1 atom stereocenters. The molecule has 2 N–H and O–H groups in total. The molecule has 0 fully saturated rings. The molecular weight excluding hydrogens is 500 g/mol. The Balaban J connectivity index is 2.28. The first-order chi connectivity index (χ1) is 18.2. The highest BCUT2D eigenvalue weighted by atomic mass is 16.6. The minimum absolute atomic E-state index is 0.0899. The summed E-state index contributed by atoms with van der Waals surface area (Å²) in [6.07, 6.45) is -0.0595. The number of nitrogens with one attached hydrogen (secondary N) is 1. The fraction of sp³-hybridized carbons (Fsp3) is 0.467. The number of pyridine rings is 1. The van der Waals surface area contributed by atoms with Gasteiger partial charge in [-0.3, -0.25) is 9.78 Å². The minimum Gasteiger partial charge on any atom is -0.481 e. The molecule has 0 saturated carbocycles. The lowest BCUT2D eigenvalue weighted by Crippen LogP contribution is -2.33. The van der Waals surface area contributed by atoms with Gasteiger partial charge in [0.15, 0.2) is 5.76 Å². The summed E-state index contributed by atoms with van der Waals surface area (Å²) in [6.45, 7) is 14.9. The Kier molecular flexibility index (Phi) is 9.04. The minimum atomic E-state index is -1.10. The van der Waals surface area contributed by atoms with Crippen molar-refractivity contribution in [3.05, 3.63) is 74.5 Å². The summed E-state index contributed by atoms with van der Waals surface area (Å²) in [7, 11) is 0. The number of aliphatic carboxylic acids is 1. The third-order valence-electron chi connectivity index (χ3n) is 6.23. The van der Waals surface area contributed by atoms with Crippen molar-refractivity contribution in [1.29, 1.82) is 0 Å². The topological polar surface area (TPSA) is 132 Å². The maximum Gasteiger partial charge on any atom is 0.519 e. The average molecular weight is 539 g/mol. The van der Waals surface area contributed by atoms with Gasteiger partial charge in [0, 0.05) is 29.9 Å². The zero-order valence-electron chi connectivity index (χ0n) is 23.9. The van der Waals surface area contributed by atoms with Gasteiger partial charge in [-0.25, -0.2) is 9.59 Å². The average Bonchev–Trinajstić information content (AvgIpc) is 3.12. The fourth-order valence-electron chi connectivity index (χ4n) is 4.57. The largest absolute Gasteiger partial charge is 0.519 e. The molecule has 2 heterocycles. The first-order valence-electron chi connectivity index (χ1n) is 13.0. The molecule has 1 unspecified atom stereocenters. The normalized spacial score (nSPS) is 12.4. The van der Waals surface area contributed by atoms with Crippen molar-refractivity contribution in [2.75, 3.05) is 0 Å². The predicted molar refractivity (Wildman–Crippen MR) is 147 cm³/mol. The van der Waals surface area contributed by atoms with E-state index in [9.17, 15) is 19.5 Å². The van der Waals surface area contributed by atoms with Crippen molar-refractivity contribution in [2.45, 2.75) is 86.3 Å². The molecule has 1 amide bonds. The van der Waals surface area contributed by atoms with E-state index in [1.165, 1.54) is 0 Å². The molecule has 0 aliphatic carbocycles. The molecule has 0 aliphatic rings. The van der Waals surface area contributed by atoms with Crippen molar-refractivity contribution in [1.82, 2.24) is 10.3 Å². The molecule has 1 aromatic carbocycles. The van der Waals surface area contributed by atoms with E-state index < -0.39 is 29.4 Å². The number of nitrogens with zero attached hydrogens (tertiary/aromatic N) is 1. The van der Waals surface area contributed by atoms with Crippen molar-refractivity contribution >= 4 is 12.1 Å². The highest BCUT2D eigenvalue weighted by Gasteiger charge is 2.32. The first-order valence-corrected chi connectivity index (χ1v) is 13.0. The van der Waals surface area contributed by atoms with E-state index in [0.717, 1.165) is 22.4 Å². The van der Waals surface area contributed by atoms with Crippen LogP contribution >= 0.6 is 0 Å². The van der Waals surface area contributed by atoms with E-state index in [1.54, 1.807) is 34.6 Å². The number of ether oxygens (including phenoxy) is 1. The Morgan fingerprint density at radius 2 is 1.69 bits per heavy atom. The van der Waals surface area contributed by atoms with Crippen LogP contribution in [0.15, 0.2) is 37.9 Å². The summed E-state index contributed by atoms with van der Waals surface area (Å²) >= 11 is 0. The number of rotatable bonds is 9. The molecule has 0 radical (unpaired) electrons. The number of carbonyl (C=O) groups excluding carboxylic acids is 1. The zero-order valence-corrected chi connectivity index (χ0v) is 23.9. The van der Waals surface area contributed by atoms with E-state index >= 15 is 0 Å². The molecule has 3 aromatic rings. The van der Waals surface area contributed by atoms with Crippen LogP contribution in [-0.2, 0) is 28.9 Å². The molecule has 9 heteroatoms. The van der Waals surface area contributed by atoms with Crippen LogP contribution in [0.25, 0.3) is 11.1 Å². The van der Waals surface area contributed by atoms with E-state index in [1.807, 2.05) is 31.2 Å². The Morgan fingerprint density at radius 3 is 2.21 bits per heavy atom. The number of aryl methyl sites for hydroxylation is 3. The van der Waals surface area contributed by atoms with Crippen LogP contribution in [0.5, 0.6) is 0 Å². The van der Waals surface area contributed by atoms with E-state index in [4.69, 9.17) is 18.6 Å². The Labute approximate surface area is 228 Å². The molecule has 9 nitrogen and oxygen atoms in total. The molecule has 2 aromatic heterocycles. The quantitative estimate of drug-likeness (QED) is 0.347. The van der Waals surface area contributed by atoms with E-state index in [-0.39, 0.29) is 30.4 Å². The van der Waals surface area contributed by atoms with Gasteiger partial charge in [-0.2, -0.15) is 0 Å². The maximum absolute atomic E-state index is 12.7. The second-order valence-electron chi connectivity index (χ2n) is 11.3. The SMILES string of the molecule is Cc1ccc(-c2c(CNC(=O)OC(C)(C)C)c(CC(C)C)nc(C)c2C(Cc2oc(=O)oc2C)C(=O)O)cc1. The third-order valence-corrected chi connectivity index (χ3v) is 6.23. The summed E-state index contributed by atoms with van der Waals surface area (Å²) in [5.41, 5.74) is 4.38. The summed E-state index contributed by atoms with van der Waals surface area (Å²) in [4.78, 5) is 41.9. The van der Waals surface area contributed by atoms with Crippen molar-refractivity contribution in [3.8, 4) is 11.1 Å². The Hall–Kier alpha value is -3.88. The smallest absolute Gasteiger partial charge is 0.481 e. The van der Waals surface area contributed by atoms with Crippen LogP contribution in [0, 0.1) is 26.7 Å². The lowest BCUT2D eigenvalue weighted by atomic mass is 9.82. The number of amides is 1. The lowest BCUT2D eigenvalue weighted by Gasteiger charge is -2.25. The number of hydrogen-bond donors (Lipinski definition) is 2.